The molecule has 1 amide bonds. The van der Waals surface area contributed by atoms with Crippen LogP contribution in [0, 0.1) is 10.1 Å². The molecule has 0 fully saturated rings. The second-order valence-electron chi connectivity index (χ2n) is 5.39. The van der Waals surface area contributed by atoms with Crippen molar-refractivity contribution in [2.24, 2.45) is 0 Å². The Morgan fingerprint density at radius 3 is 2.33 bits per heavy atom. The van der Waals surface area contributed by atoms with Crippen LogP contribution < -0.4 is 0 Å². The lowest BCUT2D eigenvalue weighted by Gasteiger charge is -2.17. The van der Waals surface area contributed by atoms with Crippen LogP contribution in [0.25, 0.3) is 0 Å². The summed E-state index contributed by atoms with van der Waals surface area (Å²) >= 11 is 0. The first-order valence-electron chi connectivity index (χ1n) is 6.97. The molecule has 0 aliphatic rings. The molecule has 0 spiro atoms. The van der Waals surface area contributed by atoms with Gasteiger partial charge >= 0.3 is 0 Å². The van der Waals surface area contributed by atoms with Crippen molar-refractivity contribution in [3.8, 4) is 0 Å². The monoisotopic (exact) mass is 348 g/mol. The predicted octanol–water partition coefficient (Wildman–Crippen LogP) is 2.27. The molecule has 0 radical (unpaired) electrons. The molecule has 2 aromatic rings. The number of sulfone groups is 1. The highest BCUT2D eigenvalue weighted by molar-refractivity contribution is 7.90. The maximum atomic E-state index is 12.5. The minimum atomic E-state index is -3.67. The third-order valence-corrected chi connectivity index (χ3v) is 4.48. The highest BCUT2D eigenvalue weighted by Crippen LogP contribution is 2.22. The fourth-order valence-corrected chi connectivity index (χ4v) is 2.85. The number of nitro groups is 1. The first kappa shape index (κ1) is 17.6. The van der Waals surface area contributed by atoms with Gasteiger partial charge < -0.3 is 4.90 Å². The van der Waals surface area contributed by atoms with Gasteiger partial charge in [0.15, 0.2) is 9.84 Å². The van der Waals surface area contributed by atoms with Crippen LogP contribution in [0.5, 0.6) is 0 Å². The summed E-state index contributed by atoms with van der Waals surface area (Å²) in [6.45, 7) is 0.302. The largest absolute Gasteiger partial charge is 0.337 e. The van der Waals surface area contributed by atoms with Gasteiger partial charge in [-0.25, -0.2) is 8.42 Å². The first-order valence-corrected chi connectivity index (χ1v) is 8.86. The van der Waals surface area contributed by atoms with Crippen LogP contribution in [0.15, 0.2) is 53.4 Å². The minimum absolute atomic E-state index is 0.0388. The maximum absolute atomic E-state index is 12.5. The number of hydrogen-bond donors (Lipinski definition) is 0. The summed E-state index contributed by atoms with van der Waals surface area (Å²) in [5, 5.41) is 11.0. The van der Waals surface area contributed by atoms with Crippen molar-refractivity contribution in [1.82, 2.24) is 4.90 Å². The van der Waals surface area contributed by atoms with Gasteiger partial charge in [0.2, 0.25) is 0 Å². The van der Waals surface area contributed by atoms with Crippen LogP contribution in [-0.4, -0.2) is 37.5 Å². The van der Waals surface area contributed by atoms with E-state index in [4.69, 9.17) is 0 Å². The normalized spacial score (nSPS) is 11.1. The van der Waals surface area contributed by atoms with E-state index in [1.54, 1.807) is 7.05 Å². The maximum Gasteiger partial charge on any atom is 0.271 e. The molecule has 0 unspecified atom stereocenters. The number of nitro benzene ring substituents is 1. The molecule has 126 valence electrons. The number of rotatable bonds is 5. The Morgan fingerprint density at radius 2 is 1.79 bits per heavy atom. The number of non-ortho nitro benzene ring substituents is 1. The number of carbonyl (C=O) groups excluding carboxylic acids is 1. The molecule has 0 aliphatic heterocycles. The van der Waals surface area contributed by atoms with Crippen molar-refractivity contribution in [2.75, 3.05) is 13.3 Å². The standard InChI is InChI=1S/C16H16N2O5S/c1-17(11-12-6-4-3-5-7-12)16(19)13-8-14(18(20)21)10-15(9-13)24(2,22)23/h3-10H,11H2,1-2H3. The molecule has 0 N–H and O–H groups in total. The lowest BCUT2D eigenvalue weighted by Crippen LogP contribution is -2.26. The molecule has 0 bridgehead atoms. The van der Waals surface area contributed by atoms with Gasteiger partial charge in [0.05, 0.1) is 9.82 Å². The highest BCUT2D eigenvalue weighted by Gasteiger charge is 2.21. The zero-order valence-electron chi connectivity index (χ0n) is 13.2. The van der Waals surface area contributed by atoms with Crippen molar-refractivity contribution < 1.29 is 18.1 Å². The fourth-order valence-electron chi connectivity index (χ4n) is 2.18. The van der Waals surface area contributed by atoms with E-state index in [2.05, 4.69) is 0 Å². The quantitative estimate of drug-likeness (QED) is 0.610. The molecule has 0 saturated heterocycles. The number of nitrogens with zero attached hydrogens (tertiary/aromatic N) is 2. The number of carbonyl (C=O) groups is 1. The molecular formula is C16H16N2O5S. The molecule has 2 rings (SSSR count). The van der Waals surface area contributed by atoms with E-state index >= 15 is 0 Å². The second-order valence-corrected chi connectivity index (χ2v) is 7.41. The first-order chi connectivity index (χ1) is 11.2. The van der Waals surface area contributed by atoms with Gasteiger partial charge in [-0.3, -0.25) is 14.9 Å². The van der Waals surface area contributed by atoms with Gasteiger partial charge in [0.25, 0.3) is 11.6 Å². The van der Waals surface area contributed by atoms with Crippen LogP contribution in [0.2, 0.25) is 0 Å². The Kier molecular flexibility index (Phi) is 4.99. The van der Waals surface area contributed by atoms with Crippen LogP contribution >= 0.6 is 0 Å². The number of hydrogen-bond acceptors (Lipinski definition) is 5. The zero-order chi connectivity index (χ0) is 17.9. The summed E-state index contributed by atoms with van der Waals surface area (Å²) in [6, 6.07) is 12.4. The van der Waals surface area contributed by atoms with Crippen LogP contribution in [0.1, 0.15) is 15.9 Å². The van der Waals surface area contributed by atoms with E-state index in [0.717, 1.165) is 30.0 Å². The van der Waals surface area contributed by atoms with E-state index < -0.39 is 26.4 Å². The van der Waals surface area contributed by atoms with E-state index in [0.29, 0.717) is 6.54 Å². The summed E-state index contributed by atoms with van der Waals surface area (Å²) in [5.41, 5.74) is 0.416. The SMILES string of the molecule is CN(Cc1ccccc1)C(=O)c1cc([N+](=O)[O-])cc(S(C)(=O)=O)c1. The minimum Gasteiger partial charge on any atom is -0.337 e. The van der Waals surface area contributed by atoms with Gasteiger partial charge in [0.1, 0.15) is 0 Å². The summed E-state index contributed by atoms with van der Waals surface area (Å²) in [5.74, 6) is -0.493. The molecule has 0 atom stereocenters. The molecule has 0 aliphatic carbocycles. The van der Waals surface area contributed by atoms with Gasteiger partial charge in [-0.1, -0.05) is 30.3 Å². The molecule has 8 heteroatoms. The van der Waals surface area contributed by atoms with Crippen molar-refractivity contribution in [3.63, 3.8) is 0 Å². The summed E-state index contributed by atoms with van der Waals surface area (Å²) < 4.78 is 23.4. The van der Waals surface area contributed by atoms with Crippen molar-refractivity contribution in [2.45, 2.75) is 11.4 Å². The zero-order valence-corrected chi connectivity index (χ0v) is 14.0. The molecule has 7 nitrogen and oxygen atoms in total. The van der Waals surface area contributed by atoms with Crippen molar-refractivity contribution in [1.29, 1.82) is 0 Å². The molecule has 0 saturated carbocycles. The summed E-state index contributed by atoms with van der Waals surface area (Å²) in [4.78, 5) is 23.9. The number of amides is 1. The van der Waals surface area contributed by atoms with Gasteiger partial charge in [-0.05, 0) is 11.6 Å². The summed E-state index contributed by atoms with van der Waals surface area (Å²) in [7, 11) is -2.12. The third kappa shape index (κ3) is 4.17. The van der Waals surface area contributed by atoms with E-state index in [9.17, 15) is 23.3 Å². The lowest BCUT2D eigenvalue weighted by molar-refractivity contribution is -0.385. The fraction of sp³-hybridized carbons (Fsp3) is 0.188. The molecule has 24 heavy (non-hydrogen) atoms. The summed E-state index contributed by atoms with van der Waals surface area (Å²) in [6.07, 6.45) is 0.938. The van der Waals surface area contributed by atoms with E-state index in [1.165, 1.54) is 4.90 Å². The third-order valence-electron chi connectivity index (χ3n) is 3.39. The smallest absolute Gasteiger partial charge is 0.271 e. The van der Waals surface area contributed by atoms with Gasteiger partial charge in [-0.15, -0.1) is 0 Å². The Balaban J connectivity index is 2.37. The van der Waals surface area contributed by atoms with Gasteiger partial charge in [-0.2, -0.15) is 0 Å². The van der Waals surface area contributed by atoms with E-state index in [-0.39, 0.29) is 10.5 Å². The van der Waals surface area contributed by atoms with Crippen molar-refractivity contribution in [3.05, 3.63) is 69.8 Å². The lowest BCUT2D eigenvalue weighted by atomic mass is 10.1. The Bertz CT molecular complexity index is 879. The predicted molar refractivity (Wildman–Crippen MR) is 88.4 cm³/mol. The highest BCUT2D eigenvalue weighted by atomic mass is 32.2. The molecule has 0 heterocycles. The van der Waals surface area contributed by atoms with E-state index in [1.807, 2.05) is 30.3 Å². The molecule has 2 aromatic carbocycles. The van der Waals surface area contributed by atoms with Gasteiger partial charge in [0, 0.05) is 37.5 Å². The van der Waals surface area contributed by atoms with Crippen LogP contribution in [-0.2, 0) is 16.4 Å². The Morgan fingerprint density at radius 1 is 1.17 bits per heavy atom. The van der Waals surface area contributed by atoms with Crippen molar-refractivity contribution >= 4 is 21.4 Å². The van der Waals surface area contributed by atoms with Crippen LogP contribution in [0.3, 0.4) is 0 Å². The average molecular weight is 348 g/mol. The molecule has 0 aromatic heterocycles. The number of benzene rings is 2. The second kappa shape index (κ2) is 6.79. The Labute approximate surface area is 139 Å². The Hall–Kier alpha value is -2.74. The van der Waals surface area contributed by atoms with Crippen LogP contribution in [0.4, 0.5) is 5.69 Å². The molecular weight excluding hydrogens is 332 g/mol. The topological polar surface area (TPSA) is 97.6 Å². The average Bonchev–Trinajstić information content (AvgIpc) is 2.53.